The van der Waals surface area contributed by atoms with Crippen LogP contribution in [-0.4, -0.2) is 18.1 Å². The number of nitrogens with zero attached hydrogens (tertiary/aromatic N) is 1. The molecule has 0 atom stereocenters. The molecule has 0 spiro atoms. The number of carbonyl (C=O) groups excluding carboxylic acids is 1. The molecule has 4 heteroatoms. The third-order valence-electron chi connectivity index (χ3n) is 3.78. The fraction of sp³-hybridized carbons (Fsp3) is 0.100. The molecule has 0 unspecified atom stereocenters. The smallest absolute Gasteiger partial charge is 0.340 e. The summed E-state index contributed by atoms with van der Waals surface area (Å²) in [5.74, 6) is -0.383. The van der Waals surface area contributed by atoms with Crippen LogP contribution >= 0.6 is 15.9 Å². The van der Waals surface area contributed by atoms with Crippen LogP contribution in [0.2, 0.25) is 0 Å². The third-order valence-corrected chi connectivity index (χ3v) is 4.31. The van der Waals surface area contributed by atoms with Crippen molar-refractivity contribution >= 4 is 21.9 Å². The number of carbonyl (C=O) groups is 1. The van der Waals surface area contributed by atoms with Gasteiger partial charge in [-0.2, -0.15) is 0 Å². The summed E-state index contributed by atoms with van der Waals surface area (Å²) in [4.78, 5) is 17.0. The van der Waals surface area contributed by atoms with Crippen LogP contribution < -0.4 is 0 Å². The average Bonchev–Trinajstić information content (AvgIpc) is 2.62. The van der Waals surface area contributed by atoms with Crippen molar-refractivity contribution in [3.8, 4) is 22.5 Å². The van der Waals surface area contributed by atoms with E-state index in [1.54, 1.807) is 0 Å². The molecule has 24 heavy (non-hydrogen) atoms. The number of pyridine rings is 1. The first-order valence-corrected chi connectivity index (χ1v) is 8.31. The van der Waals surface area contributed by atoms with Crippen LogP contribution in [0.1, 0.15) is 15.9 Å². The first-order valence-electron chi connectivity index (χ1n) is 7.51. The second-order valence-corrected chi connectivity index (χ2v) is 6.33. The normalized spacial score (nSPS) is 10.5. The highest BCUT2D eigenvalue weighted by Gasteiger charge is 2.18. The van der Waals surface area contributed by atoms with Crippen LogP contribution in [0, 0.1) is 6.92 Å². The molecule has 3 aromatic rings. The maximum absolute atomic E-state index is 12.2. The molecule has 1 aromatic heterocycles. The van der Waals surface area contributed by atoms with Crippen molar-refractivity contribution in [2.75, 3.05) is 7.11 Å². The standard InChI is InChI=1S/C20H16BrNO2/c1-13-12-17(20(23)24-2)19(14-6-4-3-5-7-14)22-18(13)15-8-10-16(21)11-9-15/h3-12H,1-2H3. The van der Waals surface area contributed by atoms with Crippen molar-refractivity contribution in [2.24, 2.45) is 0 Å². The molecule has 2 aromatic carbocycles. The van der Waals surface area contributed by atoms with Crippen LogP contribution in [0.4, 0.5) is 0 Å². The highest BCUT2D eigenvalue weighted by Crippen LogP contribution is 2.30. The molecule has 0 N–H and O–H groups in total. The topological polar surface area (TPSA) is 39.2 Å². The van der Waals surface area contributed by atoms with Gasteiger partial charge in [0.2, 0.25) is 0 Å². The van der Waals surface area contributed by atoms with E-state index in [-0.39, 0.29) is 5.97 Å². The van der Waals surface area contributed by atoms with Gasteiger partial charge in [0.1, 0.15) is 0 Å². The first kappa shape index (κ1) is 16.4. The number of aromatic nitrogens is 1. The van der Waals surface area contributed by atoms with Gasteiger partial charge in [0.25, 0.3) is 0 Å². The Morgan fingerprint density at radius 1 is 0.958 bits per heavy atom. The maximum Gasteiger partial charge on any atom is 0.340 e. The first-order chi connectivity index (χ1) is 11.6. The Bertz CT molecular complexity index is 874. The van der Waals surface area contributed by atoms with E-state index in [2.05, 4.69) is 15.9 Å². The van der Waals surface area contributed by atoms with Gasteiger partial charge in [-0.15, -0.1) is 0 Å². The Labute approximate surface area is 149 Å². The van der Waals surface area contributed by atoms with Gasteiger partial charge < -0.3 is 4.74 Å². The monoisotopic (exact) mass is 381 g/mol. The lowest BCUT2D eigenvalue weighted by molar-refractivity contribution is 0.0601. The van der Waals surface area contributed by atoms with Crippen molar-refractivity contribution in [2.45, 2.75) is 6.92 Å². The number of halogens is 1. The predicted octanol–water partition coefficient (Wildman–Crippen LogP) is 5.27. The number of esters is 1. The molecule has 3 rings (SSSR count). The van der Waals surface area contributed by atoms with Crippen LogP contribution in [0.25, 0.3) is 22.5 Å². The molecule has 0 saturated heterocycles. The summed E-state index contributed by atoms with van der Waals surface area (Å²) in [7, 11) is 1.38. The minimum atomic E-state index is -0.383. The summed E-state index contributed by atoms with van der Waals surface area (Å²) in [6.07, 6.45) is 0. The molecule has 0 aliphatic rings. The molecular weight excluding hydrogens is 366 g/mol. The molecule has 0 bridgehead atoms. The van der Waals surface area contributed by atoms with Gasteiger partial charge in [0, 0.05) is 15.6 Å². The molecule has 0 amide bonds. The van der Waals surface area contributed by atoms with Gasteiger partial charge in [-0.25, -0.2) is 9.78 Å². The number of ether oxygens (including phenoxy) is 1. The Balaban J connectivity index is 2.23. The Hall–Kier alpha value is -2.46. The van der Waals surface area contributed by atoms with Crippen LogP contribution in [0.15, 0.2) is 65.1 Å². The minimum Gasteiger partial charge on any atom is -0.465 e. The number of hydrogen-bond donors (Lipinski definition) is 0. The highest BCUT2D eigenvalue weighted by atomic mass is 79.9. The fourth-order valence-electron chi connectivity index (χ4n) is 2.60. The molecule has 3 nitrogen and oxygen atoms in total. The maximum atomic E-state index is 12.2. The lowest BCUT2D eigenvalue weighted by Gasteiger charge is -2.13. The summed E-state index contributed by atoms with van der Waals surface area (Å²) in [5.41, 5.74) is 4.78. The van der Waals surface area contributed by atoms with E-state index in [9.17, 15) is 4.79 Å². The zero-order valence-electron chi connectivity index (χ0n) is 13.4. The summed E-state index contributed by atoms with van der Waals surface area (Å²) >= 11 is 3.45. The minimum absolute atomic E-state index is 0.383. The zero-order valence-corrected chi connectivity index (χ0v) is 15.0. The SMILES string of the molecule is COC(=O)c1cc(C)c(-c2ccc(Br)cc2)nc1-c1ccccc1. The van der Waals surface area contributed by atoms with Crippen molar-refractivity contribution in [3.05, 3.63) is 76.3 Å². The molecule has 0 aliphatic heterocycles. The average molecular weight is 382 g/mol. The predicted molar refractivity (Wildman–Crippen MR) is 98.9 cm³/mol. The number of benzene rings is 2. The fourth-order valence-corrected chi connectivity index (χ4v) is 2.86. The Kier molecular flexibility index (Phi) is 4.76. The van der Waals surface area contributed by atoms with Crippen molar-refractivity contribution in [1.82, 2.24) is 4.98 Å². The summed E-state index contributed by atoms with van der Waals surface area (Å²) < 4.78 is 5.94. The summed E-state index contributed by atoms with van der Waals surface area (Å²) in [6, 6.07) is 19.5. The second-order valence-electron chi connectivity index (χ2n) is 5.41. The van der Waals surface area contributed by atoms with Crippen molar-refractivity contribution in [3.63, 3.8) is 0 Å². The Morgan fingerprint density at radius 3 is 2.21 bits per heavy atom. The third kappa shape index (κ3) is 3.24. The Morgan fingerprint density at radius 2 is 1.58 bits per heavy atom. The summed E-state index contributed by atoms with van der Waals surface area (Å²) in [6.45, 7) is 1.95. The second kappa shape index (κ2) is 6.97. The molecule has 1 heterocycles. The van der Waals surface area contributed by atoms with Gasteiger partial charge >= 0.3 is 5.97 Å². The molecule has 120 valence electrons. The number of aryl methyl sites for hydroxylation is 1. The van der Waals surface area contributed by atoms with Crippen LogP contribution in [0.3, 0.4) is 0 Å². The summed E-state index contributed by atoms with van der Waals surface area (Å²) in [5, 5.41) is 0. The van der Waals surface area contributed by atoms with E-state index in [4.69, 9.17) is 9.72 Å². The van der Waals surface area contributed by atoms with Gasteiger partial charge in [0.15, 0.2) is 0 Å². The van der Waals surface area contributed by atoms with Gasteiger partial charge in [-0.1, -0.05) is 58.4 Å². The molecule has 0 fully saturated rings. The molecule has 0 aliphatic carbocycles. The highest BCUT2D eigenvalue weighted by molar-refractivity contribution is 9.10. The quantitative estimate of drug-likeness (QED) is 0.579. The van der Waals surface area contributed by atoms with Gasteiger partial charge in [-0.05, 0) is 30.7 Å². The number of methoxy groups -OCH3 is 1. The van der Waals surface area contributed by atoms with E-state index >= 15 is 0 Å². The van der Waals surface area contributed by atoms with E-state index in [1.165, 1.54) is 7.11 Å². The number of hydrogen-bond acceptors (Lipinski definition) is 3. The van der Waals surface area contributed by atoms with Crippen molar-refractivity contribution in [1.29, 1.82) is 0 Å². The van der Waals surface area contributed by atoms with Gasteiger partial charge in [0.05, 0.1) is 24.1 Å². The van der Waals surface area contributed by atoms with Crippen LogP contribution in [0.5, 0.6) is 0 Å². The molecule has 0 radical (unpaired) electrons. The number of rotatable bonds is 3. The van der Waals surface area contributed by atoms with Crippen LogP contribution in [-0.2, 0) is 4.74 Å². The van der Waals surface area contributed by atoms with E-state index in [1.807, 2.05) is 67.6 Å². The van der Waals surface area contributed by atoms with Crippen molar-refractivity contribution < 1.29 is 9.53 Å². The molecule has 0 saturated carbocycles. The lowest BCUT2D eigenvalue weighted by atomic mass is 9.99. The van der Waals surface area contributed by atoms with E-state index in [0.29, 0.717) is 11.3 Å². The largest absolute Gasteiger partial charge is 0.465 e. The van der Waals surface area contributed by atoms with E-state index in [0.717, 1.165) is 26.9 Å². The van der Waals surface area contributed by atoms with Gasteiger partial charge in [-0.3, -0.25) is 0 Å². The lowest BCUT2D eigenvalue weighted by Crippen LogP contribution is -2.07. The van der Waals surface area contributed by atoms with E-state index < -0.39 is 0 Å². The molecular formula is C20H16BrNO2. The zero-order chi connectivity index (χ0) is 17.1.